The fraction of sp³-hybridized carbons (Fsp3) is 0.0909. The number of aromatic nitrogens is 1. The number of nitrogens with zero attached hydrogens (tertiary/aromatic N) is 1. The number of aromatic hydroxyl groups is 1. The number of phenols is 1. The van der Waals surface area contributed by atoms with Crippen LogP contribution >= 0.6 is 11.3 Å². The zero-order valence-corrected chi connectivity index (χ0v) is 15.9. The predicted octanol–water partition coefficient (Wildman–Crippen LogP) is 5.03. The normalized spacial score (nSPS) is 10.8. The van der Waals surface area contributed by atoms with E-state index < -0.39 is 5.97 Å². The molecule has 0 unspecified atom stereocenters. The highest BCUT2D eigenvalue weighted by Crippen LogP contribution is 2.28. The predicted molar refractivity (Wildman–Crippen MR) is 109 cm³/mol. The molecule has 140 valence electrons. The molecule has 0 aliphatic carbocycles. The summed E-state index contributed by atoms with van der Waals surface area (Å²) in [6.07, 6.45) is 0. The number of methoxy groups -OCH3 is 1. The van der Waals surface area contributed by atoms with Gasteiger partial charge in [0.15, 0.2) is 0 Å². The molecule has 0 aliphatic rings. The minimum absolute atomic E-state index is 0.0394. The van der Waals surface area contributed by atoms with E-state index >= 15 is 0 Å². The van der Waals surface area contributed by atoms with Gasteiger partial charge < -0.3 is 14.6 Å². The highest BCUT2D eigenvalue weighted by molar-refractivity contribution is 7.13. The molecule has 4 rings (SSSR count). The van der Waals surface area contributed by atoms with Gasteiger partial charge in [0, 0.05) is 10.9 Å². The second-order valence-corrected chi connectivity index (χ2v) is 7.02. The molecule has 1 N–H and O–H groups in total. The monoisotopic (exact) mass is 391 g/mol. The number of rotatable bonds is 5. The van der Waals surface area contributed by atoms with Crippen molar-refractivity contribution in [3.8, 4) is 22.1 Å². The van der Waals surface area contributed by atoms with Crippen LogP contribution in [0.1, 0.15) is 16.1 Å². The van der Waals surface area contributed by atoms with Crippen molar-refractivity contribution >= 4 is 28.1 Å². The van der Waals surface area contributed by atoms with Gasteiger partial charge in [0.2, 0.25) is 0 Å². The van der Waals surface area contributed by atoms with Gasteiger partial charge in [-0.15, -0.1) is 11.3 Å². The largest absolute Gasteiger partial charge is 0.507 e. The Bertz CT molecular complexity index is 1130. The van der Waals surface area contributed by atoms with E-state index in [0.717, 1.165) is 27.1 Å². The summed E-state index contributed by atoms with van der Waals surface area (Å²) in [5.74, 6) is 0.104. The van der Waals surface area contributed by atoms with Crippen LogP contribution in [0.3, 0.4) is 0 Å². The number of hydrogen-bond donors (Lipinski definition) is 1. The lowest BCUT2D eigenvalue weighted by atomic mass is 10.1. The van der Waals surface area contributed by atoms with Crippen LogP contribution in [0.25, 0.3) is 21.3 Å². The summed E-state index contributed by atoms with van der Waals surface area (Å²) in [7, 11) is 1.62. The topological polar surface area (TPSA) is 68.7 Å². The SMILES string of the molecule is COc1ccc(-c2nc(COC(=O)c3cc4ccccc4cc3O)cs2)cc1. The molecule has 5 nitrogen and oxygen atoms in total. The molecule has 0 saturated heterocycles. The zero-order chi connectivity index (χ0) is 19.5. The fourth-order valence-corrected chi connectivity index (χ4v) is 3.66. The molecule has 28 heavy (non-hydrogen) atoms. The van der Waals surface area contributed by atoms with Gasteiger partial charge in [0.25, 0.3) is 0 Å². The summed E-state index contributed by atoms with van der Waals surface area (Å²) < 4.78 is 10.5. The molecule has 0 fully saturated rings. The van der Waals surface area contributed by atoms with E-state index in [1.807, 2.05) is 53.9 Å². The van der Waals surface area contributed by atoms with Crippen LogP contribution in [0.15, 0.2) is 66.0 Å². The van der Waals surface area contributed by atoms with Crippen LogP contribution in [0.4, 0.5) is 0 Å². The van der Waals surface area contributed by atoms with Gasteiger partial charge in [0.05, 0.1) is 12.8 Å². The Kier molecular flexibility index (Phi) is 4.95. The molecular weight excluding hydrogens is 374 g/mol. The second kappa shape index (κ2) is 7.70. The molecular formula is C22H17NO4S. The smallest absolute Gasteiger partial charge is 0.342 e. The average molecular weight is 391 g/mol. The molecule has 1 heterocycles. The maximum Gasteiger partial charge on any atom is 0.342 e. The van der Waals surface area contributed by atoms with E-state index in [1.54, 1.807) is 19.2 Å². The number of hydrogen-bond acceptors (Lipinski definition) is 6. The van der Waals surface area contributed by atoms with Gasteiger partial charge in [-0.05, 0) is 47.2 Å². The van der Waals surface area contributed by atoms with Crippen molar-refractivity contribution in [1.82, 2.24) is 4.98 Å². The summed E-state index contributed by atoms with van der Waals surface area (Å²) in [5, 5.41) is 14.6. The third-order valence-electron chi connectivity index (χ3n) is 4.32. The van der Waals surface area contributed by atoms with Crippen LogP contribution in [0.5, 0.6) is 11.5 Å². The van der Waals surface area contributed by atoms with Crippen molar-refractivity contribution in [3.63, 3.8) is 0 Å². The molecule has 0 spiro atoms. The van der Waals surface area contributed by atoms with Gasteiger partial charge in [-0.25, -0.2) is 9.78 Å². The lowest BCUT2D eigenvalue weighted by Crippen LogP contribution is -2.06. The Balaban J connectivity index is 1.46. The number of carbonyl (C=O) groups excluding carboxylic acids is 1. The highest BCUT2D eigenvalue weighted by atomic mass is 32.1. The fourth-order valence-electron chi connectivity index (χ4n) is 2.85. The molecule has 0 atom stereocenters. The minimum atomic E-state index is -0.581. The molecule has 0 radical (unpaired) electrons. The Labute approximate surface area is 165 Å². The van der Waals surface area contributed by atoms with Crippen LogP contribution in [0.2, 0.25) is 0 Å². The van der Waals surface area contributed by atoms with Crippen LogP contribution in [0, 0.1) is 0 Å². The third-order valence-corrected chi connectivity index (χ3v) is 5.26. The summed E-state index contributed by atoms with van der Waals surface area (Å²) in [6.45, 7) is 0.0394. The lowest BCUT2D eigenvalue weighted by Gasteiger charge is -2.07. The van der Waals surface area contributed by atoms with Gasteiger partial charge in [0.1, 0.15) is 28.7 Å². The lowest BCUT2D eigenvalue weighted by molar-refractivity contribution is 0.0465. The van der Waals surface area contributed by atoms with E-state index in [4.69, 9.17) is 9.47 Å². The first kappa shape index (κ1) is 18.0. The molecule has 4 aromatic rings. The Morgan fingerprint density at radius 3 is 2.50 bits per heavy atom. The molecule has 0 aliphatic heterocycles. The molecule has 6 heteroatoms. The van der Waals surface area contributed by atoms with Crippen molar-refractivity contribution in [2.24, 2.45) is 0 Å². The van der Waals surface area contributed by atoms with E-state index in [1.165, 1.54) is 11.3 Å². The van der Waals surface area contributed by atoms with E-state index in [0.29, 0.717) is 5.69 Å². The summed E-state index contributed by atoms with van der Waals surface area (Å²) in [5.41, 5.74) is 1.77. The van der Waals surface area contributed by atoms with E-state index in [-0.39, 0.29) is 17.9 Å². The summed E-state index contributed by atoms with van der Waals surface area (Å²) >= 11 is 1.48. The van der Waals surface area contributed by atoms with Crippen LogP contribution in [-0.2, 0) is 11.3 Å². The molecule has 3 aromatic carbocycles. The first-order valence-corrected chi connectivity index (χ1v) is 9.50. The van der Waals surface area contributed by atoms with Crippen molar-refractivity contribution in [2.75, 3.05) is 7.11 Å². The van der Waals surface area contributed by atoms with Gasteiger partial charge in [-0.3, -0.25) is 0 Å². The number of ether oxygens (including phenoxy) is 2. The Hall–Kier alpha value is -3.38. The number of phenolic OH excluding ortho intramolecular Hbond substituents is 1. The first-order chi connectivity index (χ1) is 13.6. The summed E-state index contributed by atoms with van der Waals surface area (Å²) in [6, 6.07) is 18.3. The van der Waals surface area contributed by atoms with Crippen molar-refractivity contribution in [2.45, 2.75) is 6.61 Å². The van der Waals surface area contributed by atoms with Crippen molar-refractivity contribution in [3.05, 3.63) is 77.3 Å². The van der Waals surface area contributed by atoms with E-state index in [2.05, 4.69) is 4.98 Å². The number of carbonyl (C=O) groups is 1. The second-order valence-electron chi connectivity index (χ2n) is 6.17. The third kappa shape index (κ3) is 3.68. The number of fused-ring (bicyclic) bond motifs is 1. The number of benzene rings is 3. The average Bonchev–Trinajstić information content (AvgIpc) is 3.20. The Morgan fingerprint density at radius 2 is 1.79 bits per heavy atom. The Morgan fingerprint density at radius 1 is 1.07 bits per heavy atom. The zero-order valence-electron chi connectivity index (χ0n) is 15.1. The maximum absolute atomic E-state index is 12.4. The summed E-state index contributed by atoms with van der Waals surface area (Å²) in [4.78, 5) is 16.9. The first-order valence-electron chi connectivity index (χ1n) is 8.62. The van der Waals surface area contributed by atoms with Gasteiger partial charge in [-0.2, -0.15) is 0 Å². The molecule has 1 aromatic heterocycles. The van der Waals surface area contributed by atoms with Crippen molar-refractivity contribution < 1.29 is 19.4 Å². The minimum Gasteiger partial charge on any atom is -0.507 e. The van der Waals surface area contributed by atoms with Gasteiger partial charge >= 0.3 is 5.97 Å². The quantitative estimate of drug-likeness (QED) is 0.483. The van der Waals surface area contributed by atoms with Gasteiger partial charge in [-0.1, -0.05) is 24.3 Å². The van der Waals surface area contributed by atoms with Crippen molar-refractivity contribution in [1.29, 1.82) is 0 Å². The van der Waals surface area contributed by atoms with Crippen LogP contribution in [-0.4, -0.2) is 23.2 Å². The molecule has 0 saturated carbocycles. The molecule has 0 amide bonds. The van der Waals surface area contributed by atoms with E-state index in [9.17, 15) is 9.90 Å². The number of esters is 1. The standard InChI is InChI=1S/C22H17NO4S/c1-26-18-8-6-14(7-9-18)21-23-17(13-28-21)12-27-22(25)19-10-15-4-2-3-5-16(15)11-20(19)24/h2-11,13,24H,12H2,1H3. The molecule has 0 bridgehead atoms. The van der Waals surface area contributed by atoms with Crippen LogP contribution < -0.4 is 4.74 Å². The maximum atomic E-state index is 12.4. The number of thiazole rings is 1. The highest BCUT2D eigenvalue weighted by Gasteiger charge is 2.15.